The van der Waals surface area contributed by atoms with Crippen molar-refractivity contribution in [3.8, 4) is 11.3 Å². The van der Waals surface area contributed by atoms with Gasteiger partial charge in [0.05, 0.1) is 30.0 Å². The summed E-state index contributed by atoms with van der Waals surface area (Å²) >= 11 is 0. The van der Waals surface area contributed by atoms with Crippen LogP contribution in [0.25, 0.3) is 11.3 Å². The van der Waals surface area contributed by atoms with Gasteiger partial charge in [-0.2, -0.15) is 26.3 Å². The van der Waals surface area contributed by atoms with Crippen LogP contribution in [0.15, 0.2) is 54.7 Å². The van der Waals surface area contributed by atoms with Crippen molar-refractivity contribution in [1.29, 1.82) is 0 Å². The van der Waals surface area contributed by atoms with Crippen molar-refractivity contribution in [2.75, 3.05) is 62.3 Å². The molecule has 0 saturated carbocycles. The van der Waals surface area contributed by atoms with Crippen LogP contribution in [0.2, 0.25) is 0 Å². The lowest BCUT2D eigenvalue weighted by atomic mass is 10.0. The predicted octanol–water partition coefficient (Wildman–Crippen LogP) is 4.98. The summed E-state index contributed by atoms with van der Waals surface area (Å²) in [6.45, 7) is 3.70. The average Bonchev–Trinajstić information content (AvgIpc) is 2.96. The second-order valence-electron chi connectivity index (χ2n) is 9.46. The molecule has 3 aromatic rings. The Hall–Kier alpha value is -3.87. The molecule has 2 aliphatic heterocycles. The molecule has 1 aromatic heterocycles. The van der Waals surface area contributed by atoms with Crippen LogP contribution in [-0.2, 0) is 17.1 Å². The van der Waals surface area contributed by atoms with Gasteiger partial charge in [0.15, 0.2) is 0 Å². The van der Waals surface area contributed by atoms with Gasteiger partial charge in [-0.05, 0) is 36.4 Å². The maximum Gasteiger partial charge on any atom is 0.416 e. The summed E-state index contributed by atoms with van der Waals surface area (Å²) in [7, 11) is 0. The van der Waals surface area contributed by atoms with E-state index >= 15 is 0 Å². The quantitative estimate of drug-likeness (QED) is 0.416. The van der Waals surface area contributed by atoms with Crippen LogP contribution in [0.3, 0.4) is 0 Å². The topological polar surface area (TPSA) is 61.8 Å². The fourth-order valence-electron chi connectivity index (χ4n) is 4.70. The molecular formula is C27H25F6N5O2. The van der Waals surface area contributed by atoms with Gasteiger partial charge in [0.25, 0.3) is 5.91 Å². The van der Waals surface area contributed by atoms with Crippen LogP contribution < -0.4 is 9.80 Å². The molecule has 0 N–H and O–H groups in total. The van der Waals surface area contributed by atoms with Gasteiger partial charge in [0, 0.05) is 62.3 Å². The first kappa shape index (κ1) is 27.7. The molecule has 0 radical (unpaired) electrons. The van der Waals surface area contributed by atoms with Crippen molar-refractivity contribution in [1.82, 2.24) is 14.9 Å². The van der Waals surface area contributed by atoms with Crippen molar-refractivity contribution in [3.63, 3.8) is 0 Å². The van der Waals surface area contributed by atoms with E-state index in [-0.39, 0.29) is 32.2 Å². The monoisotopic (exact) mass is 565 g/mol. The second kappa shape index (κ2) is 11.0. The first-order chi connectivity index (χ1) is 19.0. The lowest BCUT2D eigenvalue weighted by molar-refractivity contribution is -0.143. The predicted molar refractivity (Wildman–Crippen MR) is 135 cm³/mol. The number of amides is 1. The minimum atomic E-state index is -5.03. The SMILES string of the molecule is O=C(c1cc(C(F)(F)F)cc(C(F)(F)F)c1)N1CCN(c2nccc(-c3ccc(N4CCOCC4)cc3)n2)CC1. The first-order valence-electron chi connectivity index (χ1n) is 12.6. The summed E-state index contributed by atoms with van der Waals surface area (Å²) in [5.41, 5.74) is -1.03. The Balaban J connectivity index is 1.27. The largest absolute Gasteiger partial charge is 0.416 e. The third kappa shape index (κ3) is 6.14. The molecule has 2 aliphatic rings. The van der Waals surface area contributed by atoms with E-state index in [0.717, 1.165) is 24.3 Å². The number of halogens is 6. The molecule has 3 heterocycles. The van der Waals surface area contributed by atoms with Crippen molar-refractivity contribution >= 4 is 17.5 Å². The number of piperazine rings is 1. The molecule has 0 unspecified atom stereocenters. The molecule has 2 aromatic carbocycles. The molecule has 1 amide bonds. The van der Waals surface area contributed by atoms with E-state index in [4.69, 9.17) is 4.74 Å². The van der Waals surface area contributed by atoms with E-state index in [1.165, 1.54) is 4.90 Å². The Morgan fingerprint density at radius 2 is 1.35 bits per heavy atom. The second-order valence-corrected chi connectivity index (χ2v) is 9.46. The minimum Gasteiger partial charge on any atom is -0.378 e. The maximum atomic E-state index is 13.2. The Morgan fingerprint density at radius 3 is 1.93 bits per heavy atom. The number of alkyl halides is 6. The molecule has 0 aliphatic carbocycles. The normalized spacial score (nSPS) is 16.8. The Labute approximate surface area is 226 Å². The van der Waals surface area contributed by atoms with E-state index in [0.29, 0.717) is 37.0 Å². The molecule has 40 heavy (non-hydrogen) atoms. The maximum absolute atomic E-state index is 13.2. The van der Waals surface area contributed by atoms with Crippen molar-refractivity contribution < 1.29 is 35.9 Å². The summed E-state index contributed by atoms with van der Waals surface area (Å²) in [6.07, 6.45) is -8.44. The molecule has 13 heteroatoms. The van der Waals surface area contributed by atoms with Gasteiger partial charge in [0.1, 0.15) is 0 Å². The number of hydrogen-bond acceptors (Lipinski definition) is 6. The van der Waals surface area contributed by atoms with Gasteiger partial charge < -0.3 is 19.4 Å². The zero-order chi connectivity index (χ0) is 28.5. The number of anilines is 2. The summed E-state index contributed by atoms with van der Waals surface area (Å²) in [5.74, 6) is -0.480. The lowest BCUT2D eigenvalue weighted by Crippen LogP contribution is -2.49. The van der Waals surface area contributed by atoms with Crippen LogP contribution in [0.1, 0.15) is 21.5 Å². The number of hydrogen-bond donors (Lipinski definition) is 0. The van der Waals surface area contributed by atoms with Gasteiger partial charge in [-0.1, -0.05) is 12.1 Å². The summed E-state index contributed by atoms with van der Waals surface area (Å²) in [4.78, 5) is 27.2. The van der Waals surface area contributed by atoms with E-state index < -0.39 is 35.0 Å². The Bertz CT molecular complexity index is 1320. The van der Waals surface area contributed by atoms with Crippen molar-refractivity contribution in [2.45, 2.75) is 12.4 Å². The summed E-state index contributed by atoms with van der Waals surface area (Å²) in [6, 6.07) is 10.7. The highest BCUT2D eigenvalue weighted by Gasteiger charge is 2.38. The third-order valence-corrected chi connectivity index (χ3v) is 6.87. The van der Waals surface area contributed by atoms with Crippen molar-refractivity contribution in [3.05, 3.63) is 71.4 Å². The highest BCUT2D eigenvalue weighted by atomic mass is 19.4. The fraction of sp³-hybridized carbons (Fsp3) is 0.370. The number of carbonyl (C=O) groups is 1. The molecule has 2 fully saturated rings. The summed E-state index contributed by atoms with van der Waals surface area (Å²) in [5, 5.41) is 0. The highest BCUT2D eigenvalue weighted by molar-refractivity contribution is 5.95. The first-order valence-corrected chi connectivity index (χ1v) is 12.6. The lowest BCUT2D eigenvalue weighted by Gasteiger charge is -2.35. The number of morpholine rings is 1. The van der Waals surface area contributed by atoms with Gasteiger partial charge in [-0.3, -0.25) is 4.79 Å². The number of benzene rings is 2. The Kier molecular flexibility index (Phi) is 7.58. The number of ether oxygens (including phenoxy) is 1. The van der Waals surface area contributed by atoms with Crippen LogP contribution >= 0.6 is 0 Å². The number of nitrogens with zero attached hydrogens (tertiary/aromatic N) is 5. The third-order valence-electron chi connectivity index (χ3n) is 6.87. The standard InChI is InChI=1S/C27H25F6N5O2/c28-26(29,30)20-15-19(16-21(17-20)27(31,32)33)24(39)37-7-9-38(10-8-37)25-34-6-5-23(35-25)18-1-3-22(4-2-18)36-11-13-40-14-12-36/h1-6,15-17H,7-14H2. The van der Waals surface area contributed by atoms with E-state index in [1.54, 1.807) is 12.3 Å². The zero-order valence-corrected chi connectivity index (χ0v) is 21.2. The van der Waals surface area contributed by atoms with E-state index in [9.17, 15) is 31.1 Å². The molecule has 0 atom stereocenters. The van der Waals surface area contributed by atoms with Crippen LogP contribution in [-0.4, -0.2) is 73.3 Å². The molecule has 0 bridgehead atoms. The average molecular weight is 566 g/mol. The Morgan fingerprint density at radius 1 is 0.750 bits per heavy atom. The smallest absolute Gasteiger partial charge is 0.378 e. The molecular weight excluding hydrogens is 540 g/mol. The van der Waals surface area contributed by atoms with Gasteiger partial charge >= 0.3 is 12.4 Å². The fourth-order valence-corrected chi connectivity index (χ4v) is 4.70. The number of rotatable bonds is 4. The van der Waals surface area contributed by atoms with Crippen molar-refractivity contribution in [2.24, 2.45) is 0 Å². The van der Waals surface area contributed by atoms with Crippen LogP contribution in [0.4, 0.5) is 38.0 Å². The summed E-state index contributed by atoms with van der Waals surface area (Å²) < 4.78 is 84.7. The van der Waals surface area contributed by atoms with E-state index in [2.05, 4.69) is 14.9 Å². The van der Waals surface area contributed by atoms with Gasteiger partial charge in [-0.15, -0.1) is 0 Å². The number of carbonyl (C=O) groups excluding carboxylic acids is 1. The van der Waals surface area contributed by atoms with Crippen LogP contribution in [0, 0.1) is 0 Å². The molecule has 7 nitrogen and oxygen atoms in total. The van der Waals surface area contributed by atoms with Gasteiger partial charge in [-0.25, -0.2) is 9.97 Å². The van der Waals surface area contributed by atoms with Gasteiger partial charge in [0.2, 0.25) is 5.95 Å². The zero-order valence-electron chi connectivity index (χ0n) is 21.2. The minimum absolute atomic E-state index is 0.00914. The highest BCUT2D eigenvalue weighted by Crippen LogP contribution is 2.36. The molecule has 2 saturated heterocycles. The molecule has 0 spiro atoms. The molecule has 5 rings (SSSR count). The van der Waals surface area contributed by atoms with E-state index in [1.807, 2.05) is 29.2 Å². The number of aromatic nitrogens is 2. The van der Waals surface area contributed by atoms with Crippen LogP contribution in [0.5, 0.6) is 0 Å². The molecule has 212 valence electrons.